The minimum absolute atomic E-state index is 0.0564. The lowest BCUT2D eigenvalue weighted by Gasteiger charge is -2.06. The molecule has 5 heteroatoms. The molecule has 2 unspecified atom stereocenters. The van der Waals surface area contributed by atoms with E-state index in [1.54, 1.807) is 0 Å². The third-order valence-corrected chi connectivity index (χ3v) is 4.79. The van der Waals surface area contributed by atoms with E-state index in [4.69, 9.17) is 17.3 Å². The van der Waals surface area contributed by atoms with Crippen molar-refractivity contribution in [3.8, 4) is 0 Å². The van der Waals surface area contributed by atoms with Crippen LogP contribution in [0.2, 0.25) is 4.34 Å². The fourth-order valence-electron chi connectivity index (χ4n) is 0.819. The summed E-state index contributed by atoms with van der Waals surface area (Å²) in [7, 11) is -0.876. The van der Waals surface area contributed by atoms with Gasteiger partial charge in [-0.3, -0.25) is 4.21 Å². The molecule has 13 heavy (non-hydrogen) atoms. The van der Waals surface area contributed by atoms with Crippen molar-refractivity contribution < 1.29 is 4.21 Å². The average molecular weight is 238 g/mol. The Morgan fingerprint density at radius 2 is 2.38 bits per heavy atom. The molecule has 1 rings (SSSR count). The van der Waals surface area contributed by atoms with Gasteiger partial charge >= 0.3 is 0 Å². The summed E-state index contributed by atoms with van der Waals surface area (Å²) < 4.78 is 12.3. The Hall–Kier alpha value is 0.1000. The van der Waals surface area contributed by atoms with E-state index in [1.807, 2.05) is 19.1 Å². The maximum absolute atomic E-state index is 11.5. The van der Waals surface area contributed by atoms with Gasteiger partial charge in [-0.2, -0.15) is 0 Å². The Morgan fingerprint density at radius 3 is 2.85 bits per heavy atom. The summed E-state index contributed by atoms with van der Waals surface area (Å²) in [5, 5.41) is 0.0564. The van der Waals surface area contributed by atoms with E-state index in [2.05, 4.69) is 0 Å². The minimum atomic E-state index is -0.876. The van der Waals surface area contributed by atoms with Gasteiger partial charge in [0.25, 0.3) is 0 Å². The fraction of sp³-hybridized carbons (Fsp3) is 0.500. The van der Waals surface area contributed by atoms with E-state index in [9.17, 15) is 4.21 Å². The summed E-state index contributed by atoms with van der Waals surface area (Å²) in [5.74, 6) is 0.565. The van der Waals surface area contributed by atoms with Gasteiger partial charge in [0.05, 0.1) is 10.1 Å². The zero-order valence-electron chi connectivity index (χ0n) is 7.33. The molecule has 74 valence electrons. The van der Waals surface area contributed by atoms with Crippen LogP contribution in [0.15, 0.2) is 12.1 Å². The standard InChI is InChI=1S/C8H12ClNOS2/c1-6(4-10)13(11)5-7-2-3-8(9)12-7/h2-3,6H,4-5,10H2,1H3. The molecular weight excluding hydrogens is 226 g/mol. The largest absolute Gasteiger partial charge is 0.329 e. The fourth-order valence-corrected chi connectivity index (χ4v) is 3.16. The van der Waals surface area contributed by atoms with E-state index in [0.717, 1.165) is 9.21 Å². The molecule has 0 radical (unpaired) electrons. The van der Waals surface area contributed by atoms with Gasteiger partial charge in [0.1, 0.15) is 0 Å². The van der Waals surface area contributed by atoms with Crippen LogP contribution in [0.1, 0.15) is 11.8 Å². The lowest BCUT2D eigenvalue weighted by molar-refractivity contribution is 0.673. The highest BCUT2D eigenvalue weighted by Gasteiger charge is 2.10. The van der Waals surface area contributed by atoms with Gasteiger partial charge in [-0.25, -0.2) is 0 Å². The first-order valence-corrected chi connectivity index (χ1v) is 6.52. The molecule has 1 heterocycles. The van der Waals surface area contributed by atoms with Crippen LogP contribution in [-0.4, -0.2) is 16.0 Å². The topological polar surface area (TPSA) is 43.1 Å². The molecule has 0 bridgehead atoms. The van der Waals surface area contributed by atoms with Crippen LogP contribution in [0.5, 0.6) is 0 Å². The Morgan fingerprint density at radius 1 is 1.69 bits per heavy atom. The zero-order valence-corrected chi connectivity index (χ0v) is 9.72. The molecule has 0 spiro atoms. The molecule has 2 atom stereocenters. The van der Waals surface area contributed by atoms with Gasteiger partial charge in [-0.15, -0.1) is 11.3 Å². The molecule has 0 saturated heterocycles. The first kappa shape index (κ1) is 11.2. The van der Waals surface area contributed by atoms with Gasteiger partial charge in [-0.1, -0.05) is 11.6 Å². The molecule has 2 N–H and O–H groups in total. The van der Waals surface area contributed by atoms with E-state index >= 15 is 0 Å². The molecule has 1 aromatic heterocycles. The predicted octanol–water partition coefficient (Wildman–Crippen LogP) is 2.00. The lowest BCUT2D eigenvalue weighted by atomic mass is 10.5. The normalized spacial score (nSPS) is 15.6. The summed E-state index contributed by atoms with van der Waals surface area (Å²) in [6, 6.07) is 3.74. The third-order valence-electron chi connectivity index (χ3n) is 1.69. The van der Waals surface area contributed by atoms with Crippen LogP contribution in [0, 0.1) is 0 Å². The van der Waals surface area contributed by atoms with Crippen molar-refractivity contribution in [1.29, 1.82) is 0 Å². The zero-order chi connectivity index (χ0) is 9.84. The smallest absolute Gasteiger partial charge is 0.0931 e. The maximum atomic E-state index is 11.5. The summed E-state index contributed by atoms with van der Waals surface area (Å²) in [4.78, 5) is 1.06. The summed E-state index contributed by atoms with van der Waals surface area (Å²) >= 11 is 7.23. The van der Waals surface area contributed by atoms with Crippen LogP contribution in [0.4, 0.5) is 0 Å². The summed E-state index contributed by atoms with van der Waals surface area (Å²) in [5.41, 5.74) is 5.42. The Balaban J connectivity index is 2.54. The van der Waals surface area contributed by atoms with Crippen molar-refractivity contribution in [2.75, 3.05) is 6.54 Å². The molecule has 0 aliphatic carbocycles. The van der Waals surface area contributed by atoms with Crippen LogP contribution >= 0.6 is 22.9 Å². The number of rotatable bonds is 4. The van der Waals surface area contributed by atoms with Gasteiger partial charge in [0.2, 0.25) is 0 Å². The van der Waals surface area contributed by atoms with E-state index in [-0.39, 0.29) is 5.25 Å². The Labute approximate surface area is 89.5 Å². The molecule has 1 aromatic rings. The number of nitrogens with two attached hydrogens (primary N) is 1. The van der Waals surface area contributed by atoms with E-state index in [0.29, 0.717) is 12.3 Å². The van der Waals surface area contributed by atoms with Gasteiger partial charge in [-0.05, 0) is 19.1 Å². The lowest BCUT2D eigenvalue weighted by Crippen LogP contribution is -2.22. The third kappa shape index (κ3) is 3.38. The Bertz CT molecular complexity index is 300. The highest BCUT2D eigenvalue weighted by atomic mass is 35.5. The van der Waals surface area contributed by atoms with Crippen LogP contribution in [0.25, 0.3) is 0 Å². The second kappa shape index (κ2) is 5.10. The summed E-state index contributed by atoms with van der Waals surface area (Å²) in [6.07, 6.45) is 0. The number of thiophene rings is 1. The van der Waals surface area contributed by atoms with Gasteiger partial charge < -0.3 is 5.73 Å². The van der Waals surface area contributed by atoms with Gasteiger partial charge in [0.15, 0.2) is 0 Å². The monoisotopic (exact) mass is 237 g/mol. The van der Waals surface area contributed by atoms with E-state index < -0.39 is 10.8 Å². The first-order chi connectivity index (χ1) is 6.13. The molecule has 0 aliphatic rings. The van der Waals surface area contributed by atoms with Crippen LogP contribution < -0.4 is 5.73 Å². The van der Waals surface area contributed by atoms with Crippen molar-refractivity contribution in [1.82, 2.24) is 0 Å². The SMILES string of the molecule is CC(CN)S(=O)Cc1ccc(Cl)s1. The quantitative estimate of drug-likeness (QED) is 0.871. The van der Waals surface area contributed by atoms with E-state index in [1.165, 1.54) is 11.3 Å². The van der Waals surface area contributed by atoms with Crippen LogP contribution in [-0.2, 0) is 16.6 Å². The van der Waals surface area contributed by atoms with Crippen molar-refractivity contribution in [3.63, 3.8) is 0 Å². The molecular formula is C8H12ClNOS2. The summed E-state index contributed by atoms with van der Waals surface area (Å²) in [6.45, 7) is 2.36. The molecule has 0 aromatic carbocycles. The highest BCUT2D eigenvalue weighted by Crippen LogP contribution is 2.23. The second-order valence-electron chi connectivity index (χ2n) is 2.78. The van der Waals surface area contributed by atoms with Crippen molar-refractivity contribution in [3.05, 3.63) is 21.3 Å². The highest BCUT2D eigenvalue weighted by molar-refractivity contribution is 7.85. The van der Waals surface area contributed by atoms with Crippen molar-refractivity contribution in [2.45, 2.75) is 17.9 Å². The van der Waals surface area contributed by atoms with Gasteiger partial charge in [0, 0.05) is 27.5 Å². The number of hydrogen-bond acceptors (Lipinski definition) is 3. The Kier molecular flexibility index (Phi) is 4.38. The number of halogens is 1. The molecule has 0 fully saturated rings. The molecule has 0 amide bonds. The number of hydrogen-bond donors (Lipinski definition) is 1. The first-order valence-electron chi connectivity index (χ1n) is 3.95. The molecule has 0 aliphatic heterocycles. The molecule has 0 saturated carbocycles. The minimum Gasteiger partial charge on any atom is -0.329 e. The maximum Gasteiger partial charge on any atom is 0.0931 e. The second-order valence-corrected chi connectivity index (χ2v) is 6.43. The van der Waals surface area contributed by atoms with Crippen LogP contribution in [0.3, 0.4) is 0 Å². The van der Waals surface area contributed by atoms with Crippen molar-refractivity contribution >= 4 is 33.7 Å². The average Bonchev–Trinajstić information content (AvgIpc) is 2.49. The predicted molar refractivity (Wildman–Crippen MR) is 59.7 cm³/mol. The van der Waals surface area contributed by atoms with Crippen molar-refractivity contribution in [2.24, 2.45) is 5.73 Å². The molecule has 2 nitrogen and oxygen atoms in total.